The second-order valence-corrected chi connectivity index (χ2v) is 8.61. The summed E-state index contributed by atoms with van der Waals surface area (Å²) in [5, 5.41) is 19.8. The van der Waals surface area contributed by atoms with Crippen LogP contribution in [0, 0.1) is 5.82 Å². The van der Waals surface area contributed by atoms with Gasteiger partial charge in [-0.3, -0.25) is 4.79 Å². The summed E-state index contributed by atoms with van der Waals surface area (Å²) in [6.07, 6.45) is 2.38. The summed E-state index contributed by atoms with van der Waals surface area (Å²) in [7, 11) is 0. The lowest BCUT2D eigenvalue weighted by Crippen LogP contribution is -2.16. The Morgan fingerprint density at radius 1 is 1.16 bits per heavy atom. The van der Waals surface area contributed by atoms with E-state index in [1.807, 2.05) is 30.3 Å². The van der Waals surface area contributed by atoms with E-state index in [1.165, 1.54) is 12.1 Å². The Balaban J connectivity index is 2.06. The molecule has 3 rings (SSSR count). The van der Waals surface area contributed by atoms with Crippen molar-refractivity contribution in [2.45, 2.75) is 44.1 Å². The van der Waals surface area contributed by atoms with Gasteiger partial charge in [-0.1, -0.05) is 36.4 Å². The van der Waals surface area contributed by atoms with E-state index >= 15 is 0 Å². The van der Waals surface area contributed by atoms with E-state index in [1.54, 1.807) is 18.2 Å². The number of carboxylic acids is 1. The highest BCUT2D eigenvalue weighted by atomic mass is 32.2. The quantitative estimate of drug-likeness (QED) is 0.362. The maximum atomic E-state index is 13.5. The van der Waals surface area contributed by atoms with Gasteiger partial charge in [0.25, 0.3) is 0 Å². The zero-order valence-electron chi connectivity index (χ0n) is 17.4. The number of aliphatic hydroxyl groups is 1. The van der Waals surface area contributed by atoms with Crippen molar-refractivity contribution in [3.8, 4) is 11.1 Å². The molecule has 1 heterocycles. The average molecular weight is 444 g/mol. The second kappa shape index (κ2) is 10.1. The lowest BCUT2D eigenvalue weighted by molar-refractivity contribution is -0.137. The van der Waals surface area contributed by atoms with Gasteiger partial charge in [0.1, 0.15) is 5.82 Å². The minimum absolute atomic E-state index is 0.109. The lowest BCUT2D eigenvalue weighted by Gasteiger charge is -2.15. The molecule has 3 aromatic rings. The van der Waals surface area contributed by atoms with E-state index in [-0.39, 0.29) is 24.7 Å². The van der Waals surface area contributed by atoms with Crippen molar-refractivity contribution in [3.63, 3.8) is 0 Å². The Kier molecular flexibility index (Phi) is 7.54. The number of aliphatic carboxylic acids is 1. The molecule has 0 bridgehead atoms. The predicted molar refractivity (Wildman–Crippen MR) is 124 cm³/mol. The van der Waals surface area contributed by atoms with Crippen molar-refractivity contribution in [2.24, 2.45) is 0 Å². The molecule has 0 saturated carbocycles. The number of benzene rings is 2. The minimum Gasteiger partial charge on any atom is -0.481 e. The summed E-state index contributed by atoms with van der Waals surface area (Å²) < 4.78 is 25.0. The van der Waals surface area contributed by atoms with Crippen LogP contribution in [0.5, 0.6) is 0 Å². The third-order valence-corrected chi connectivity index (χ3v) is 5.79. The van der Waals surface area contributed by atoms with Crippen molar-refractivity contribution in [1.29, 1.82) is 0 Å². The fraction of sp³-hybridized carbons (Fsp3) is 0.292. The van der Waals surface area contributed by atoms with Crippen LogP contribution in [-0.4, -0.2) is 36.7 Å². The molecule has 0 spiro atoms. The van der Waals surface area contributed by atoms with E-state index in [0.29, 0.717) is 12.0 Å². The number of hydrogen-bond acceptors (Lipinski definition) is 4. The number of halogens is 1. The monoisotopic (exact) mass is 443 g/mol. The Hall–Kier alpha value is -2.61. The Morgan fingerprint density at radius 2 is 1.84 bits per heavy atom. The van der Waals surface area contributed by atoms with Crippen LogP contribution in [0.4, 0.5) is 4.39 Å². The fourth-order valence-corrected chi connectivity index (χ4v) is 4.33. The molecule has 7 heteroatoms. The van der Waals surface area contributed by atoms with Crippen molar-refractivity contribution < 1.29 is 24.0 Å². The van der Waals surface area contributed by atoms with Gasteiger partial charge in [-0.2, -0.15) is 0 Å². The predicted octanol–water partition coefficient (Wildman–Crippen LogP) is 5.84. The highest BCUT2D eigenvalue weighted by Gasteiger charge is 2.20. The van der Waals surface area contributed by atoms with Gasteiger partial charge in [-0.05, 0) is 62.1 Å². The first-order valence-electron chi connectivity index (χ1n) is 10.1. The van der Waals surface area contributed by atoms with Crippen molar-refractivity contribution in [1.82, 2.24) is 4.57 Å². The van der Waals surface area contributed by atoms with E-state index in [4.69, 9.17) is 5.11 Å². The van der Waals surface area contributed by atoms with Crippen LogP contribution in [0.15, 0.2) is 54.6 Å². The first kappa shape index (κ1) is 23.1. The highest BCUT2D eigenvalue weighted by Crippen LogP contribution is 2.38. The van der Waals surface area contributed by atoms with Gasteiger partial charge in [0.15, 0.2) is 0 Å². The number of nitrogens with zero attached hydrogens (tertiary/aromatic N) is 1. The second-order valence-electron chi connectivity index (χ2n) is 7.74. The normalized spacial score (nSPS) is 13.9. The van der Waals surface area contributed by atoms with Crippen molar-refractivity contribution >= 4 is 35.0 Å². The third kappa shape index (κ3) is 5.36. The van der Waals surface area contributed by atoms with Gasteiger partial charge in [0.2, 0.25) is 0 Å². The molecule has 0 saturated heterocycles. The third-order valence-electron chi connectivity index (χ3n) is 5.13. The zero-order chi connectivity index (χ0) is 22.5. The summed E-state index contributed by atoms with van der Waals surface area (Å²) in [6, 6.07) is 14.4. The molecule has 5 nitrogen and oxygen atoms in total. The number of para-hydroxylation sites is 1. The molecule has 2 aromatic carbocycles. The number of hydrogen-bond donors (Lipinski definition) is 3. The van der Waals surface area contributed by atoms with Crippen LogP contribution in [0.2, 0.25) is 0 Å². The number of aromatic nitrogens is 1. The van der Waals surface area contributed by atoms with Crippen molar-refractivity contribution in [2.75, 3.05) is 0 Å². The van der Waals surface area contributed by atoms with Gasteiger partial charge in [0, 0.05) is 33.5 Å². The van der Waals surface area contributed by atoms with Crippen LogP contribution in [0.25, 0.3) is 28.1 Å². The first-order chi connectivity index (χ1) is 14.8. The van der Waals surface area contributed by atoms with Crippen molar-refractivity contribution in [3.05, 3.63) is 66.1 Å². The smallest absolute Gasteiger partial charge is 0.304 e. The van der Waals surface area contributed by atoms with Crippen LogP contribution in [0.1, 0.15) is 38.4 Å². The largest absolute Gasteiger partial charge is 0.481 e. The average Bonchev–Trinajstić information content (AvgIpc) is 3.06. The summed E-state index contributed by atoms with van der Waals surface area (Å²) in [4.78, 5) is 10.9. The molecule has 164 valence electrons. The Labute approximate surface area is 185 Å². The Bertz CT molecular complexity index is 1080. The number of carboxylic acid groups (broad SMARTS) is 1. The number of aliphatic hydroxyl groups excluding tert-OH is 1. The maximum Gasteiger partial charge on any atom is 0.304 e. The fourth-order valence-electron chi connectivity index (χ4n) is 3.83. The SMILES string of the molecule is CC(C)n1c(/C=C/[C@@H](O)CC(CC(=O)O)SO)c(-c2ccc(F)cc2)c2ccccc21. The molecule has 31 heavy (non-hydrogen) atoms. The van der Waals surface area contributed by atoms with E-state index < -0.39 is 17.3 Å². The number of carbonyl (C=O) groups is 1. The summed E-state index contributed by atoms with van der Waals surface area (Å²) >= 11 is 0.446. The lowest BCUT2D eigenvalue weighted by atomic mass is 10.0. The molecule has 0 radical (unpaired) electrons. The first-order valence-corrected chi connectivity index (χ1v) is 10.9. The topological polar surface area (TPSA) is 82.7 Å². The van der Waals surface area contributed by atoms with Crippen LogP contribution in [-0.2, 0) is 4.79 Å². The molecule has 0 aliphatic heterocycles. The summed E-state index contributed by atoms with van der Waals surface area (Å²) in [6.45, 7) is 4.14. The van der Waals surface area contributed by atoms with Gasteiger partial charge in [-0.25, -0.2) is 4.39 Å². The van der Waals surface area contributed by atoms with Gasteiger partial charge in [0.05, 0.1) is 12.5 Å². The molecule has 2 atom stereocenters. The van der Waals surface area contributed by atoms with Gasteiger partial charge >= 0.3 is 5.97 Å². The molecular formula is C24H26FNO4S. The van der Waals surface area contributed by atoms with E-state index in [9.17, 15) is 18.8 Å². The van der Waals surface area contributed by atoms with Crippen LogP contribution >= 0.6 is 12.0 Å². The highest BCUT2D eigenvalue weighted by molar-refractivity contribution is 7.94. The van der Waals surface area contributed by atoms with Gasteiger partial charge in [-0.15, -0.1) is 0 Å². The molecule has 1 unspecified atom stereocenters. The molecule has 3 N–H and O–H groups in total. The molecule has 1 aromatic heterocycles. The number of fused-ring (bicyclic) bond motifs is 1. The molecular weight excluding hydrogens is 417 g/mol. The van der Waals surface area contributed by atoms with Crippen LogP contribution in [0.3, 0.4) is 0 Å². The maximum absolute atomic E-state index is 13.5. The van der Waals surface area contributed by atoms with Gasteiger partial charge < -0.3 is 19.3 Å². The zero-order valence-corrected chi connectivity index (χ0v) is 18.2. The minimum atomic E-state index is -1.03. The Morgan fingerprint density at radius 3 is 2.45 bits per heavy atom. The number of rotatable bonds is 9. The van der Waals surface area contributed by atoms with E-state index in [2.05, 4.69) is 18.4 Å². The molecule has 0 amide bonds. The van der Waals surface area contributed by atoms with Crippen LogP contribution < -0.4 is 0 Å². The summed E-state index contributed by atoms with van der Waals surface area (Å²) in [5.41, 5.74) is 3.70. The van der Waals surface area contributed by atoms with E-state index in [0.717, 1.165) is 27.7 Å². The molecule has 0 aliphatic rings. The summed E-state index contributed by atoms with van der Waals surface area (Å²) in [5.74, 6) is -1.34. The molecule has 0 aliphatic carbocycles. The molecule has 0 fully saturated rings. The standard InChI is InChI=1S/C24H26FNO4S/c1-15(2)26-21-6-4-3-5-20(21)24(16-7-9-17(25)10-8-16)22(26)12-11-18(27)13-19(31-30)14-23(28)29/h3-12,15,18-19,27,30H,13-14H2,1-2H3,(H,28,29)/b12-11+/t18-,19?/m1/s1.